The number of hydrogen-bond acceptors (Lipinski definition) is 7. The maximum atomic E-state index is 12.3. The molecule has 1 amide bonds. The Labute approximate surface area is 137 Å². The van der Waals surface area contributed by atoms with Crippen LogP contribution in [0.5, 0.6) is 0 Å². The fourth-order valence-corrected chi connectivity index (χ4v) is 2.70. The standard InChI is InChI=1S/C15H17N3O6/c1-22-9-7-10(15(20)21)18(8-9)13(19)5-4-12-16-14(17-24-12)11-3-2-6-23-11/h2-3,6,9-10H,4-5,7-8H2,1H3,(H,20,21). The number of carbonyl (C=O) groups excluding carboxylic acids is 1. The molecule has 0 bridgehead atoms. The third-order valence-electron chi connectivity index (χ3n) is 3.96. The molecule has 2 unspecified atom stereocenters. The summed E-state index contributed by atoms with van der Waals surface area (Å²) in [5.41, 5.74) is 0. The zero-order chi connectivity index (χ0) is 17.1. The molecule has 1 aliphatic rings. The SMILES string of the molecule is COC1CC(C(=O)O)N(C(=O)CCc2nc(-c3ccco3)no2)C1. The van der Waals surface area contributed by atoms with Gasteiger partial charge in [0.25, 0.3) is 0 Å². The van der Waals surface area contributed by atoms with E-state index in [0.717, 1.165) is 0 Å². The van der Waals surface area contributed by atoms with Crippen LogP contribution in [0.3, 0.4) is 0 Å². The molecular weight excluding hydrogens is 318 g/mol. The van der Waals surface area contributed by atoms with Crippen LogP contribution in [0.15, 0.2) is 27.3 Å². The molecule has 0 aliphatic carbocycles. The predicted octanol–water partition coefficient (Wildman–Crippen LogP) is 0.963. The highest BCUT2D eigenvalue weighted by atomic mass is 16.5. The van der Waals surface area contributed by atoms with Crippen LogP contribution in [0.1, 0.15) is 18.7 Å². The van der Waals surface area contributed by atoms with Crippen molar-refractivity contribution in [1.82, 2.24) is 15.0 Å². The van der Waals surface area contributed by atoms with Gasteiger partial charge in [0.05, 0.1) is 12.4 Å². The molecule has 128 valence electrons. The molecule has 0 aromatic carbocycles. The van der Waals surface area contributed by atoms with Gasteiger partial charge in [0.1, 0.15) is 6.04 Å². The molecular formula is C15H17N3O6. The average Bonchev–Trinajstić information content (AvgIpc) is 3.31. The van der Waals surface area contributed by atoms with E-state index in [4.69, 9.17) is 13.7 Å². The second-order valence-electron chi connectivity index (χ2n) is 5.48. The number of furan rings is 1. The Hall–Kier alpha value is -2.68. The molecule has 1 saturated heterocycles. The number of nitrogens with zero attached hydrogens (tertiary/aromatic N) is 3. The Morgan fingerprint density at radius 2 is 2.33 bits per heavy atom. The molecule has 1 N–H and O–H groups in total. The number of rotatable bonds is 6. The van der Waals surface area contributed by atoms with E-state index in [2.05, 4.69) is 10.1 Å². The van der Waals surface area contributed by atoms with Crippen LogP contribution in [0.2, 0.25) is 0 Å². The van der Waals surface area contributed by atoms with Crippen molar-refractivity contribution in [1.29, 1.82) is 0 Å². The first-order chi connectivity index (χ1) is 11.6. The summed E-state index contributed by atoms with van der Waals surface area (Å²) in [7, 11) is 1.51. The fourth-order valence-electron chi connectivity index (χ4n) is 2.70. The number of aromatic nitrogens is 2. The number of carbonyl (C=O) groups is 2. The molecule has 9 nitrogen and oxygen atoms in total. The maximum absolute atomic E-state index is 12.3. The lowest BCUT2D eigenvalue weighted by Crippen LogP contribution is -2.40. The van der Waals surface area contributed by atoms with Crippen LogP contribution in [-0.2, 0) is 20.7 Å². The van der Waals surface area contributed by atoms with Gasteiger partial charge in [-0.3, -0.25) is 4.79 Å². The second-order valence-corrected chi connectivity index (χ2v) is 5.48. The number of carboxylic acid groups (broad SMARTS) is 1. The Morgan fingerprint density at radius 3 is 3.00 bits per heavy atom. The zero-order valence-corrected chi connectivity index (χ0v) is 13.0. The van der Waals surface area contributed by atoms with Crippen molar-refractivity contribution < 1.29 is 28.4 Å². The monoisotopic (exact) mass is 335 g/mol. The fraction of sp³-hybridized carbons (Fsp3) is 0.467. The lowest BCUT2D eigenvalue weighted by Gasteiger charge is -2.20. The van der Waals surface area contributed by atoms with E-state index in [1.807, 2.05) is 0 Å². The number of aryl methyl sites for hydroxylation is 1. The second kappa shape index (κ2) is 6.83. The Morgan fingerprint density at radius 1 is 1.50 bits per heavy atom. The molecule has 24 heavy (non-hydrogen) atoms. The first-order valence-electron chi connectivity index (χ1n) is 7.50. The summed E-state index contributed by atoms with van der Waals surface area (Å²) in [6.45, 7) is 0.272. The Kier molecular flexibility index (Phi) is 4.61. The largest absolute Gasteiger partial charge is 0.480 e. The van der Waals surface area contributed by atoms with Crippen molar-refractivity contribution in [2.24, 2.45) is 0 Å². The van der Waals surface area contributed by atoms with Crippen LogP contribution in [0.4, 0.5) is 0 Å². The first-order valence-corrected chi connectivity index (χ1v) is 7.50. The number of amides is 1. The average molecular weight is 335 g/mol. The molecule has 2 atom stereocenters. The van der Waals surface area contributed by atoms with E-state index in [-0.39, 0.29) is 31.4 Å². The van der Waals surface area contributed by atoms with E-state index in [1.165, 1.54) is 18.3 Å². The smallest absolute Gasteiger partial charge is 0.326 e. The van der Waals surface area contributed by atoms with Gasteiger partial charge in [0.15, 0.2) is 5.76 Å². The zero-order valence-electron chi connectivity index (χ0n) is 13.0. The van der Waals surface area contributed by atoms with Gasteiger partial charge in [-0.1, -0.05) is 5.16 Å². The number of methoxy groups -OCH3 is 1. The molecule has 3 rings (SSSR count). The number of hydrogen-bond donors (Lipinski definition) is 1. The summed E-state index contributed by atoms with van der Waals surface area (Å²) in [6, 6.07) is 2.55. The molecule has 0 saturated carbocycles. The van der Waals surface area contributed by atoms with E-state index >= 15 is 0 Å². The van der Waals surface area contributed by atoms with Gasteiger partial charge < -0.3 is 23.7 Å². The van der Waals surface area contributed by atoms with Crippen LogP contribution in [-0.4, -0.2) is 57.8 Å². The van der Waals surface area contributed by atoms with Gasteiger partial charge >= 0.3 is 5.97 Å². The summed E-state index contributed by atoms with van der Waals surface area (Å²) in [6.07, 6.45) is 1.85. The van der Waals surface area contributed by atoms with Gasteiger partial charge in [-0.05, 0) is 12.1 Å². The molecule has 1 fully saturated rings. The van der Waals surface area contributed by atoms with Gasteiger partial charge in [0, 0.05) is 32.9 Å². The van der Waals surface area contributed by atoms with Crippen LogP contribution >= 0.6 is 0 Å². The number of ether oxygens (including phenoxy) is 1. The topological polar surface area (TPSA) is 119 Å². The number of carboxylic acids is 1. The van der Waals surface area contributed by atoms with Gasteiger partial charge in [-0.15, -0.1) is 0 Å². The first kappa shape index (κ1) is 16.2. The minimum Gasteiger partial charge on any atom is -0.480 e. The van der Waals surface area contributed by atoms with Gasteiger partial charge in [-0.2, -0.15) is 4.98 Å². The molecule has 2 aromatic rings. The summed E-state index contributed by atoms with van der Waals surface area (Å²) >= 11 is 0. The minimum absolute atomic E-state index is 0.0833. The van der Waals surface area contributed by atoms with Gasteiger partial charge in [-0.25, -0.2) is 4.79 Å². The number of likely N-dealkylation sites (tertiary alicyclic amines) is 1. The van der Waals surface area contributed by atoms with E-state index < -0.39 is 12.0 Å². The molecule has 0 spiro atoms. The van der Waals surface area contributed by atoms with Crippen LogP contribution in [0, 0.1) is 0 Å². The maximum Gasteiger partial charge on any atom is 0.326 e. The van der Waals surface area contributed by atoms with Crippen LogP contribution < -0.4 is 0 Å². The third-order valence-corrected chi connectivity index (χ3v) is 3.96. The normalized spacial score (nSPS) is 20.5. The number of aliphatic carboxylic acids is 1. The van der Waals surface area contributed by atoms with Crippen molar-refractivity contribution in [3.05, 3.63) is 24.3 Å². The van der Waals surface area contributed by atoms with Gasteiger partial charge in [0.2, 0.25) is 17.6 Å². The highest BCUT2D eigenvalue weighted by Gasteiger charge is 2.39. The summed E-state index contributed by atoms with van der Waals surface area (Å²) in [5.74, 6) is -0.221. The Balaban J connectivity index is 1.60. The van der Waals surface area contributed by atoms with Crippen molar-refractivity contribution in [3.63, 3.8) is 0 Å². The molecule has 0 radical (unpaired) electrons. The quantitative estimate of drug-likeness (QED) is 0.829. The summed E-state index contributed by atoms with van der Waals surface area (Å²) in [5, 5.41) is 13.0. The predicted molar refractivity (Wildman–Crippen MR) is 78.9 cm³/mol. The van der Waals surface area contributed by atoms with Crippen molar-refractivity contribution in [2.75, 3.05) is 13.7 Å². The molecule has 2 aromatic heterocycles. The van der Waals surface area contributed by atoms with Crippen molar-refractivity contribution in [2.45, 2.75) is 31.4 Å². The summed E-state index contributed by atoms with van der Waals surface area (Å²) in [4.78, 5) is 29.1. The lowest BCUT2D eigenvalue weighted by atomic mass is 10.2. The van der Waals surface area contributed by atoms with Crippen molar-refractivity contribution in [3.8, 4) is 11.6 Å². The van der Waals surface area contributed by atoms with E-state index in [0.29, 0.717) is 23.9 Å². The highest BCUT2D eigenvalue weighted by molar-refractivity contribution is 5.84. The molecule has 9 heteroatoms. The lowest BCUT2D eigenvalue weighted by molar-refractivity contribution is -0.148. The van der Waals surface area contributed by atoms with E-state index in [9.17, 15) is 14.7 Å². The third kappa shape index (κ3) is 3.30. The minimum atomic E-state index is -1.03. The Bertz CT molecular complexity index is 711. The molecule has 3 heterocycles. The van der Waals surface area contributed by atoms with E-state index in [1.54, 1.807) is 12.1 Å². The molecule has 1 aliphatic heterocycles. The highest BCUT2D eigenvalue weighted by Crippen LogP contribution is 2.22. The van der Waals surface area contributed by atoms with Crippen molar-refractivity contribution >= 4 is 11.9 Å². The summed E-state index contributed by atoms with van der Waals surface area (Å²) < 4.78 is 15.4. The van der Waals surface area contributed by atoms with Crippen LogP contribution in [0.25, 0.3) is 11.6 Å².